The summed E-state index contributed by atoms with van der Waals surface area (Å²) in [4.78, 5) is 0. The Labute approximate surface area is 69.9 Å². The molecule has 1 N–H and O–H groups in total. The average molecular weight is 153 g/mol. The van der Waals surface area contributed by atoms with Gasteiger partial charge in [-0.25, -0.2) is 0 Å². The van der Waals surface area contributed by atoms with Crippen LogP contribution >= 0.6 is 0 Å². The number of nitrogens with one attached hydrogen (secondary N) is 1. The molecule has 0 saturated carbocycles. The molecule has 0 aromatic rings. The van der Waals surface area contributed by atoms with Gasteiger partial charge in [0.05, 0.1) is 0 Å². The zero-order chi connectivity index (χ0) is 8.32. The lowest BCUT2D eigenvalue weighted by Crippen LogP contribution is -2.17. The molecular formula is C10H19N. The third kappa shape index (κ3) is 2.57. The van der Waals surface area contributed by atoms with Crippen LogP contribution in [0.25, 0.3) is 0 Å². The van der Waals surface area contributed by atoms with Crippen LogP contribution in [0.15, 0.2) is 12.3 Å². The first-order valence-corrected chi connectivity index (χ1v) is 4.51. The predicted octanol–water partition coefficient (Wildman–Crippen LogP) is 2.55. The Hall–Kier alpha value is -0.460. The van der Waals surface area contributed by atoms with Gasteiger partial charge in [0, 0.05) is 6.54 Å². The van der Waals surface area contributed by atoms with Crippen LogP contribution in [0.3, 0.4) is 0 Å². The van der Waals surface area contributed by atoms with E-state index >= 15 is 0 Å². The molecule has 1 atom stereocenters. The quantitative estimate of drug-likeness (QED) is 0.564. The maximum atomic E-state index is 3.27. The number of hydrogen-bond acceptors (Lipinski definition) is 1. The van der Waals surface area contributed by atoms with Gasteiger partial charge in [-0.05, 0) is 30.4 Å². The standard InChI is InChI=1S/C10H19N/c1-10(2,3)9-5-4-7-11-8-6-9/h6,8-9,11H,4-5,7H2,1-3H3. The van der Waals surface area contributed by atoms with Crippen LogP contribution in [0.2, 0.25) is 0 Å². The molecule has 0 bridgehead atoms. The summed E-state index contributed by atoms with van der Waals surface area (Å²) < 4.78 is 0. The molecule has 0 fully saturated rings. The van der Waals surface area contributed by atoms with Crippen molar-refractivity contribution in [3.63, 3.8) is 0 Å². The van der Waals surface area contributed by atoms with E-state index in [-0.39, 0.29) is 0 Å². The molecule has 1 rings (SSSR count). The predicted molar refractivity (Wildman–Crippen MR) is 49.3 cm³/mol. The zero-order valence-electron chi connectivity index (χ0n) is 7.85. The van der Waals surface area contributed by atoms with E-state index in [1.165, 1.54) is 12.8 Å². The second-order valence-corrected chi connectivity index (χ2v) is 4.43. The summed E-state index contributed by atoms with van der Waals surface area (Å²) in [6.45, 7) is 8.08. The molecule has 1 unspecified atom stereocenters. The maximum Gasteiger partial charge on any atom is 0.0141 e. The van der Waals surface area contributed by atoms with Crippen molar-refractivity contribution in [2.45, 2.75) is 33.6 Å². The highest BCUT2D eigenvalue weighted by Gasteiger charge is 2.22. The smallest absolute Gasteiger partial charge is 0.0141 e. The lowest BCUT2D eigenvalue weighted by Gasteiger charge is -2.26. The minimum absolute atomic E-state index is 0.433. The first kappa shape index (κ1) is 8.63. The van der Waals surface area contributed by atoms with E-state index in [0.29, 0.717) is 5.41 Å². The molecule has 1 heterocycles. The highest BCUT2D eigenvalue weighted by molar-refractivity contribution is 4.94. The van der Waals surface area contributed by atoms with Gasteiger partial charge in [0.25, 0.3) is 0 Å². The van der Waals surface area contributed by atoms with E-state index in [4.69, 9.17) is 0 Å². The molecule has 0 aliphatic carbocycles. The van der Waals surface area contributed by atoms with E-state index in [0.717, 1.165) is 12.5 Å². The number of allylic oxidation sites excluding steroid dienone is 1. The van der Waals surface area contributed by atoms with Gasteiger partial charge in [0.15, 0.2) is 0 Å². The van der Waals surface area contributed by atoms with Crippen LogP contribution < -0.4 is 5.32 Å². The normalized spacial score (nSPS) is 25.9. The van der Waals surface area contributed by atoms with Crippen LogP contribution in [0.5, 0.6) is 0 Å². The summed E-state index contributed by atoms with van der Waals surface area (Å²) in [5.74, 6) is 0.748. The second kappa shape index (κ2) is 3.29. The average Bonchev–Trinajstić information content (AvgIpc) is 2.10. The molecule has 1 aliphatic rings. The van der Waals surface area contributed by atoms with Crippen LogP contribution in [-0.4, -0.2) is 6.54 Å². The van der Waals surface area contributed by atoms with Gasteiger partial charge in [-0.1, -0.05) is 26.8 Å². The fourth-order valence-electron chi connectivity index (χ4n) is 1.51. The van der Waals surface area contributed by atoms with E-state index in [1.54, 1.807) is 0 Å². The van der Waals surface area contributed by atoms with Crippen LogP contribution in [-0.2, 0) is 0 Å². The third-order valence-corrected chi connectivity index (χ3v) is 2.39. The van der Waals surface area contributed by atoms with Crippen LogP contribution in [0, 0.1) is 11.3 Å². The highest BCUT2D eigenvalue weighted by atomic mass is 14.8. The molecule has 1 nitrogen and oxygen atoms in total. The van der Waals surface area contributed by atoms with E-state index in [1.807, 2.05) is 0 Å². The van der Waals surface area contributed by atoms with Gasteiger partial charge < -0.3 is 5.32 Å². The monoisotopic (exact) mass is 153 g/mol. The molecule has 0 saturated heterocycles. The summed E-state index contributed by atoms with van der Waals surface area (Å²) >= 11 is 0. The summed E-state index contributed by atoms with van der Waals surface area (Å²) in [7, 11) is 0. The largest absolute Gasteiger partial charge is 0.391 e. The van der Waals surface area contributed by atoms with Crippen molar-refractivity contribution < 1.29 is 0 Å². The Balaban J connectivity index is 2.56. The van der Waals surface area contributed by atoms with Crippen molar-refractivity contribution in [3.05, 3.63) is 12.3 Å². The van der Waals surface area contributed by atoms with Crippen molar-refractivity contribution in [2.24, 2.45) is 11.3 Å². The summed E-state index contributed by atoms with van der Waals surface area (Å²) in [6.07, 6.45) is 7.05. The van der Waals surface area contributed by atoms with Crippen molar-refractivity contribution in [2.75, 3.05) is 6.54 Å². The Bertz CT molecular complexity index is 141. The molecule has 1 heteroatoms. The van der Waals surface area contributed by atoms with Gasteiger partial charge in [-0.3, -0.25) is 0 Å². The van der Waals surface area contributed by atoms with Crippen molar-refractivity contribution in [3.8, 4) is 0 Å². The Morgan fingerprint density at radius 1 is 1.36 bits per heavy atom. The number of hydrogen-bond donors (Lipinski definition) is 1. The lowest BCUT2D eigenvalue weighted by molar-refractivity contribution is 0.277. The van der Waals surface area contributed by atoms with E-state index in [2.05, 4.69) is 38.4 Å². The SMILES string of the molecule is CC(C)(C)C1C=CNCCC1. The minimum Gasteiger partial charge on any atom is -0.391 e. The van der Waals surface area contributed by atoms with Gasteiger partial charge in [0.2, 0.25) is 0 Å². The molecule has 0 spiro atoms. The summed E-state index contributed by atoms with van der Waals surface area (Å²) in [5.41, 5.74) is 0.433. The van der Waals surface area contributed by atoms with E-state index in [9.17, 15) is 0 Å². The summed E-state index contributed by atoms with van der Waals surface area (Å²) in [6, 6.07) is 0. The minimum atomic E-state index is 0.433. The van der Waals surface area contributed by atoms with E-state index < -0.39 is 0 Å². The summed E-state index contributed by atoms with van der Waals surface area (Å²) in [5, 5.41) is 3.27. The van der Waals surface area contributed by atoms with Crippen molar-refractivity contribution in [1.82, 2.24) is 5.32 Å². The van der Waals surface area contributed by atoms with Crippen molar-refractivity contribution in [1.29, 1.82) is 0 Å². The molecule has 1 aliphatic heterocycles. The maximum absolute atomic E-state index is 3.27. The molecule has 0 amide bonds. The molecule has 64 valence electrons. The van der Waals surface area contributed by atoms with Gasteiger partial charge >= 0.3 is 0 Å². The Morgan fingerprint density at radius 3 is 2.73 bits per heavy atom. The highest BCUT2D eigenvalue weighted by Crippen LogP contribution is 2.31. The molecule has 0 aromatic carbocycles. The molecular weight excluding hydrogens is 134 g/mol. The third-order valence-electron chi connectivity index (χ3n) is 2.39. The molecule has 0 radical (unpaired) electrons. The zero-order valence-corrected chi connectivity index (χ0v) is 7.85. The Morgan fingerprint density at radius 2 is 2.09 bits per heavy atom. The molecule has 11 heavy (non-hydrogen) atoms. The van der Waals surface area contributed by atoms with Crippen molar-refractivity contribution >= 4 is 0 Å². The topological polar surface area (TPSA) is 12.0 Å². The fraction of sp³-hybridized carbons (Fsp3) is 0.800. The lowest BCUT2D eigenvalue weighted by atomic mass is 9.78. The van der Waals surface area contributed by atoms with Gasteiger partial charge in [-0.2, -0.15) is 0 Å². The first-order chi connectivity index (χ1) is 5.11. The molecule has 0 aromatic heterocycles. The first-order valence-electron chi connectivity index (χ1n) is 4.51. The van der Waals surface area contributed by atoms with Gasteiger partial charge in [-0.15, -0.1) is 0 Å². The number of rotatable bonds is 0. The van der Waals surface area contributed by atoms with Gasteiger partial charge in [0.1, 0.15) is 0 Å². The Kier molecular flexibility index (Phi) is 2.58. The fourth-order valence-corrected chi connectivity index (χ4v) is 1.51. The second-order valence-electron chi connectivity index (χ2n) is 4.43. The van der Waals surface area contributed by atoms with Crippen LogP contribution in [0.1, 0.15) is 33.6 Å². The van der Waals surface area contributed by atoms with Crippen LogP contribution in [0.4, 0.5) is 0 Å².